The molecule has 130 valence electrons. The van der Waals surface area contributed by atoms with Crippen LogP contribution in [0.3, 0.4) is 0 Å². The molecule has 0 aliphatic heterocycles. The van der Waals surface area contributed by atoms with Crippen LogP contribution in [0.15, 0.2) is 30.3 Å². The number of hydrogen-bond acceptors (Lipinski definition) is 6. The molecule has 0 aliphatic carbocycles. The van der Waals surface area contributed by atoms with E-state index < -0.39 is 32.2 Å². The molecule has 2 aromatic carbocycles. The summed E-state index contributed by atoms with van der Waals surface area (Å²) in [5.41, 5.74) is -1.62. The summed E-state index contributed by atoms with van der Waals surface area (Å²) in [5.74, 6) is -0.542. The van der Waals surface area contributed by atoms with Crippen LogP contribution >= 0.6 is 23.2 Å². The Morgan fingerprint density at radius 3 is 2.12 bits per heavy atom. The van der Waals surface area contributed by atoms with Gasteiger partial charge in [-0.05, 0) is 18.2 Å². The Morgan fingerprint density at radius 1 is 1.08 bits per heavy atom. The zero-order chi connectivity index (χ0) is 18.7. The van der Waals surface area contributed by atoms with Crippen molar-refractivity contribution in [2.75, 3.05) is 12.4 Å². The minimum Gasteiger partial charge on any atom is -0.495 e. The van der Waals surface area contributed by atoms with Gasteiger partial charge >= 0.3 is 0 Å². The summed E-state index contributed by atoms with van der Waals surface area (Å²) in [6.45, 7) is 0. The third kappa shape index (κ3) is 3.95. The number of benzene rings is 2. The summed E-state index contributed by atoms with van der Waals surface area (Å²) in [6.07, 6.45) is 0. The zero-order valence-electron chi connectivity index (χ0n) is 12.5. The van der Waals surface area contributed by atoms with Crippen molar-refractivity contribution in [2.45, 2.75) is 0 Å². The van der Waals surface area contributed by atoms with Gasteiger partial charge in [0, 0.05) is 17.2 Å². The van der Waals surface area contributed by atoms with Crippen LogP contribution in [0.2, 0.25) is 10.0 Å². The largest absolute Gasteiger partial charge is 0.495 e. The molecule has 0 radical (unpaired) electrons. The normalized spacial score (nSPS) is 10.2. The third-order valence-corrected chi connectivity index (χ3v) is 3.72. The summed E-state index contributed by atoms with van der Waals surface area (Å²) < 4.78 is 5.07. The number of ether oxygens (including phenoxy) is 1. The summed E-state index contributed by atoms with van der Waals surface area (Å²) in [6, 6.07) is 6.14. The van der Waals surface area contributed by atoms with Gasteiger partial charge in [0.1, 0.15) is 5.75 Å². The van der Waals surface area contributed by atoms with E-state index in [-0.39, 0.29) is 17.0 Å². The van der Waals surface area contributed by atoms with Gasteiger partial charge in [0.15, 0.2) is 5.02 Å². The standard InChI is InChI=1S/C14H9Cl2N3O6/c1-25-12-3-2-8(15)6-9(12)17-14(20)7-4-10(18(21)22)13(16)11(5-7)19(23)24/h2-6H,1H3,(H,17,20). The van der Waals surface area contributed by atoms with E-state index in [9.17, 15) is 25.0 Å². The van der Waals surface area contributed by atoms with Crippen molar-refractivity contribution in [3.05, 3.63) is 66.2 Å². The molecule has 0 aromatic heterocycles. The first-order valence-electron chi connectivity index (χ1n) is 6.51. The number of nitrogens with zero attached hydrogens (tertiary/aromatic N) is 2. The van der Waals surface area contributed by atoms with Gasteiger partial charge in [0.25, 0.3) is 17.3 Å². The lowest BCUT2D eigenvalue weighted by Gasteiger charge is -2.10. The molecular formula is C14H9Cl2N3O6. The molecule has 1 amide bonds. The summed E-state index contributed by atoms with van der Waals surface area (Å²) in [5, 5.41) is 24.1. The van der Waals surface area contributed by atoms with Crippen molar-refractivity contribution in [1.82, 2.24) is 0 Å². The van der Waals surface area contributed by atoms with Gasteiger partial charge in [0.05, 0.1) is 28.2 Å². The molecule has 0 fully saturated rings. The van der Waals surface area contributed by atoms with Crippen molar-refractivity contribution in [3.63, 3.8) is 0 Å². The van der Waals surface area contributed by atoms with Crippen LogP contribution in [0.4, 0.5) is 17.1 Å². The van der Waals surface area contributed by atoms with E-state index >= 15 is 0 Å². The first-order chi connectivity index (χ1) is 11.7. The summed E-state index contributed by atoms with van der Waals surface area (Å²) in [4.78, 5) is 32.5. The Hall–Kier alpha value is -2.91. The number of amides is 1. The monoisotopic (exact) mass is 385 g/mol. The number of anilines is 1. The molecule has 0 aliphatic rings. The highest BCUT2D eigenvalue weighted by Crippen LogP contribution is 2.35. The molecule has 0 unspecified atom stereocenters. The minimum atomic E-state index is -0.911. The average molecular weight is 386 g/mol. The summed E-state index contributed by atoms with van der Waals surface area (Å²) >= 11 is 11.5. The van der Waals surface area contributed by atoms with Crippen molar-refractivity contribution in [2.24, 2.45) is 0 Å². The van der Waals surface area contributed by atoms with Crippen LogP contribution in [-0.2, 0) is 0 Å². The molecule has 0 spiro atoms. The number of nitro benzene ring substituents is 2. The van der Waals surface area contributed by atoms with E-state index in [2.05, 4.69) is 5.32 Å². The van der Waals surface area contributed by atoms with Gasteiger partial charge in [-0.2, -0.15) is 0 Å². The predicted octanol–water partition coefficient (Wildman–Crippen LogP) is 4.07. The Bertz CT molecular complexity index is 852. The number of nitrogens with one attached hydrogen (secondary N) is 1. The number of hydrogen-bond donors (Lipinski definition) is 1. The number of methoxy groups -OCH3 is 1. The second kappa shape index (κ2) is 7.32. The lowest BCUT2D eigenvalue weighted by molar-refractivity contribution is -0.393. The topological polar surface area (TPSA) is 125 Å². The molecule has 0 saturated carbocycles. The highest BCUT2D eigenvalue weighted by Gasteiger charge is 2.27. The van der Waals surface area contributed by atoms with E-state index in [0.717, 1.165) is 12.1 Å². The highest BCUT2D eigenvalue weighted by molar-refractivity contribution is 6.35. The molecule has 25 heavy (non-hydrogen) atoms. The van der Waals surface area contributed by atoms with Crippen LogP contribution in [0.25, 0.3) is 0 Å². The number of halogens is 2. The Labute approximate surface area is 150 Å². The first kappa shape index (κ1) is 18.4. The molecule has 2 aromatic rings. The number of rotatable bonds is 5. The fourth-order valence-electron chi connectivity index (χ4n) is 1.96. The second-order valence-electron chi connectivity index (χ2n) is 4.64. The molecular weight excluding hydrogens is 377 g/mol. The Balaban J connectivity index is 2.48. The van der Waals surface area contributed by atoms with Crippen molar-refractivity contribution >= 4 is 46.2 Å². The number of carbonyl (C=O) groups is 1. The van der Waals surface area contributed by atoms with Gasteiger partial charge in [-0.15, -0.1) is 0 Å². The fourth-order valence-corrected chi connectivity index (χ4v) is 2.38. The number of nitro groups is 2. The SMILES string of the molecule is COc1ccc(Cl)cc1NC(=O)c1cc([N+](=O)[O-])c(Cl)c([N+](=O)[O-])c1. The molecule has 9 nitrogen and oxygen atoms in total. The highest BCUT2D eigenvalue weighted by atomic mass is 35.5. The maximum Gasteiger partial charge on any atom is 0.295 e. The van der Waals surface area contributed by atoms with Crippen molar-refractivity contribution in [3.8, 4) is 5.75 Å². The third-order valence-electron chi connectivity index (χ3n) is 3.10. The van der Waals surface area contributed by atoms with Crippen LogP contribution in [0.1, 0.15) is 10.4 Å². The van der Waals surface area contributed by atoms with Crippen LogP contribution in [-0.4, -0.2) is 22.9 Å². The van der Waals surface area contributed by atoms with E-state index in [0.29, 0.717) is 5.02 Å². The van der Waals surface area contributed by atoms with Gasteiger partial charge in [0.2, 0.25) is 0 Å². The van der Waals surface area contributed by atoms with E-state index in [4.69, 9.17) is 27.9 Å². The lowest BCUT2D eigenvalue weighted by atomic mass is 10.1. The van der Waals surface area contributed by atoms with Gasteiger partial charge in [-0.3, -0.25) is 25.0 Å². The van der Waals surface area contributed by atoms with E-state index in [1.807, 2.05) is 0 Å². The molecule has 1 N–H and O–H groups in total. The van der Waals surface area contributed by atoms with Crippen molar-refractivity contribution in [1.29, 1.82) is 0 Å². The molecule has 0 saturated heterocycles. The van der Waals surface area contributed by atoms with Crippen LogP contribution in [0, 0.1) is 20.2 Å². The van der Waals surface area contributed by atoms with Gasteiger partial charge < -0.3 is 10.1 Å². The van der Waals surface area contributed by atoms with Gasteiger partial charge in [-0.1, -0.05) is 23.2 Å². The average Bonchev–Trinajstić information content (AvgIpc) is 2.54. The molecule has 11 heteroatoms. The molecule has 0 atom stereocenters. The second-order valence-corrected chi connectivity index (χ2v) is 5.46. The number of carbonyl (C=O) groups excluding carboxylic acids is 1. The Morgan fingerprint density at radius 2 is 1.64 bits per heavy atom. The van der Waals surface area contributed by atoms with Crippen LogP contribution < -0.4 is 10.1 Å². The van der Waals surface area contributed by atoms with Gasteiger partial charge in [-0.25, -0.2) is 0 Å². The minimum absolute atomic E-state index is 0.195. The predicted molar refractivity (Wildman–Crippen MR) is 90.7 cm³/mol. The first-order valence-corrected chi connectivity index (χ1v) is 7.27. The summed E-state index contributed by atoms with van der Waals surface area (Å²) in [7, 11) is 1.37. The van der Waals surface area contributed by atoms with E-state index in [1.165, 1.54) is 25.3 Å². The fraction of sp³-hybridized carbons (Fsp3) is 0.0714. The smallest absolute Gasteiger partial charge is 0.295 e. The quantitative estimate of drug-likeness (QED) is 0.610. The Kier molecular flexibility index (Phi) is 5.40. The maximum absolute atomic E-state index is 12.4. The molecule has 0 heterocycles. The zero-order valence-corrected chi connectivity index (χ0v) is 14.0. The maximum atomic E-state index is 12.4. The lowest BCUT2D eigenvalue weighted by Crippen LogP contribution is -2.13. The molecule has 0 bridgehead atoms. The van der Waals surface area contributed by atoms with Crippen LogP contribution in [0.5, 0.6) is 5.75 Å². The van der Waals surface area contributed by atoms with E-state index in [1.54, 1.807) is 0 Å². The molecule has 2 rings (SSSR count). The van der Waals surface area contributed by atoms with Crippen molar-refractivity contribution < 1.29 is 19.4 Å².